The monoisotopic (exact) mass is 272 g/mol. The highest BCUT2D eigenvalue weighted by Gasteiger charge is 2.46. The van der Waals surface area contributed by atoms with Gasteiger partial charge in [0.1, 0.15) is 0 Å². The van der Waals surface area contributed by atoms with Gasteiger partial charge in [0.05, 0.1) is 24.4 Å². The quantitative estimate of drug-likeness (QED) is 0.551. The van der Waals surface area contributed by atoms with Crippen LogP contribution in [0, 0.1) is 5.41 Å². The van der Waals surface area contributed by atoms with Gasteiger partial charge in [-0.2, -0.15) is 0 Å². The second-order valence-corrected chi connectivity index (χ2v) is 7.91. The Balaban J connectivity index is 1.64. The second kappa shape index (κ2) is 5.64. The van der Waals surface area contributed by atoms with Crippen LogP contribution in [-0.2, 0) is 14.6 Å². The highest BCUT2D eigenvalue weighted by Crippen LogP contribution is 2.40. The molecule has 104 valence electrons. The van der Waals surface area contributed by atoms with Crippen molar-refractivity contribution in [3.63, 3.8) is 0 Å². The normalized spacial score (nSPS) is 24.6. The van der Waals surface area contributed by atoms with Gasteiger partial charge in [-0.15, -0.1) is 0 Å². The molecule has 1 aliphatic carbocycles. The van der Waals surface area contributed by atoms with E-state index >= 15 is 0 Å². The molecule has 0 N–H and O–H groups in total. The van der Waals surface area contributed by atoms with Gasteiger partial charge in [-0.1, -0.05) is 6.92 Å². The molecule has 0 unspecified atom stereocenters. The molecule has 0 amide bonds. The average molecular weight is 272 g/mol. The summed E-state index contributed by atoms with van der Waals surface area (Å²) < 4.78 is 28.1. The maximum atomic E-state index is 11.3. The zero-order chi connectivity index (χ0) is 13.1. The summed E-state index contributed by atoms with van der Waals surface area (Å²) in [5, 5.41) is 0. The molecule has 3 nitrogen and oxygen atoms in total. The number of rotatable bonds is 6. The fourth-order valence-corrected chi connectivity index (χ4v) is 5.55. The van der Waals surface area contributed by atoms with Gasteiger partial charge in [0.2, 0.25) is 0 Å². The summed E-state index contributed by atoms with van der Waals surface area (Å²) in [6, 6.07) is 0. The zero-order valence-corrected chi connectivity index (χ0v) is 12.1. The predicted octanol–water partition coefficient (Wildman–Crippen LogP) is 3.07. The van der Waals surface area contributed by atoms with Crippen molar-refractivity contribution in [2.45, 2.75) is 51.9 Å². The minimum atomic E-state index is -2.71. The molecule has 1 aliphatic heterocycles. The molecule has 0 aromatic carbocycles. The zero-order valence-electron chi connectivity index (χ0n) is 11.3. The topological polar surface area (TPSA) is 43.4 Å². The Kier molecular flexibility index (Phi) is 4.36. The summed E-state index contributed by atoms with van der Waals surface area (Å²) in [7, 11) is -2.71. The highest BCUT2D eigenvalue weighted by atomic mass is 32.2. The Labute approximate surface area is 111 Å². The molecule has 0 aromatic heterocycles. The minimum Gasteiger partial charge on any atom is -0.501 e. The van der Waals surface area contributed by atoms with E-state index in [0.717, 1.165) is 25.9 Å². The van der Waals surface area contributed by atoms with Gasteiger partial charge in [-0.3, -0.25) is 0 Å². The smallest absolute Gasteiger partial charge is 0.151 e. The van der Waals surface area contributed by atoms with Crippen molar-refractivity contribution in [3.8, 4) is 0 Å². The van der Waals surface area contributed by atoms with E-state index in [0.29, 0.717) is 11.5 Å². The summed E-state index contributed by atoms with van der Waals surface area (Å²) in [5.41, 5.74) is 1.49. The lowest BCUT2D eigenvalue weighted by molar-refractivity contribution is 0.204. The van der Waals surface area contributed by atoms with Gasteiger partial charge in [-0.05, 0) is 55.9 Å². The molecule has 1 saturated carbocycles. The Morgan fingerprint density at radius 2 is 1.94 bits per heavy atom. The van der Waals surface area contributed by atoms with Gasteiger partial charge >= 0.3 is 0 Å². The first kappa shape index (κ1) is 13.9. The molecule has 2 rings (SSSR count). The van der Waals surface area contributed by atoms with E-state index < -0.39 is 9.84 Å². The van der Waals surface area contributed by atoms with Crippen molar-refractivity contribution in [2.75, 3.05) is 18.1 Å². The van der Waals surface area contributed by atoms with E-state index in [1.54, 1.807) is 0 Å². The molecule has 18 heavy (non-hydrogen) atoms. The highest BCUT2D eigenvalue weighted by molar-refractivity contribution is 7.92. The lowest BCUT2D eigenvalue weighted by Crippen LogP contribution is -2.48. The lowest BCUT2D eigenvalue weighted by Gasteiger charge is -2.40. The Morgan fingerprint density at radius 3 is 2.50 bits per heavy atom. The van der Waals surface area contributed by atoms with Crippen LogP contribution in [0.25, 0.3) is 0 Å². The summed E-state index contributed by atoms with van der Waals surface area (Å²) in [6.07, 6.45) is 9.82. The van der Waals surface area contributed by atoms with Crippen molar-refractivity contribution in [1.82, 2.24) is 0 Å². The molecular weight excluding hydrogens is 248 g/mol. The van der Waals surface area contributed by atoms with Crippen LogP contribution < -0.4 is 0 Å². The molecule has 0 aromatic rings. The van der Waals surface area contributed by atoms with Crippen LogP contribution in [0.2, 0.25) is 0 Å². The number of ether oxygens (including phenoxy) is 1. The van der Waals surface area contributed by atoms with E-state index in [4.69, 9.17) is 4.74 Å². The standard InChI is InChI=1S/C14H24O3S/c1-2-14(11-18(15,16)12-14)8-5-9-17-10-13-6-3-4-7-13/h10H,2-9,11-12H2,1H3. The van der Waals surface area contributed by atoms with Gasteiger partial charge in [0.25, 0.3) is 0 Å². The van der Waals surface area contributed by atoms with Crippen LogP contribution in [0.3, 0.4) is 0 Å². The van der Waals surface area contributed by atoms with Crippen LogP contribution >= 0.6 is 0 Å². The lowest BCUT2D eigenvalue weighted by atomic mass is 9.84. The maximum absolute atomic E-state index is 11.3. The predicted molar refractivity (Wildman–Crippen MR) is 73.1 cm³/mol. The van der Waals surface area contributed by atoms with E-state index in [1.807, 2.05) is 6.26 Å². The van der Waals surface area contributed by atoms with Gasteiger partial charge in [0, 0.05) is 0 Å². The Morgan fingerprint density at radius 1 is 1.28 bits per heavy atom. The largest absolute Gasteiger partial charge is 0.501 e. The molecule has 1 saturated heterocycles. The van der Waals surface area contributed by atoms with Gasteiger partial charge < -0.3 is 4.74 Å². The number of allylic oxidation sites excluding steroid dienone is 1. The Hall–Kier alpha value is -0.510. The molecule has 0 spiro atoms. The summed E-state index contributed by atoms with van der Waals surface area (Å²) in [5.74, 6) is 0.773. The van der Waals surface area contributed by atoms with Crippen LogP contribution in [0.15, 0.2) is 11.8 Å². The van der Waals surface area contributed by atoms with E-state index in [-0.39, 0.29) is 5.41 Å². The maximum Gasteiger partial charge on any atom is 0.151 e. The first-order chi connectivity index (χ1) is 8.55. The first-order valence-corrected chi connectivity index (χ1v) is 8.87. The van der Waals surface area contributed by atoms with E-state index in [1.165, 1.54) is 31.3 Å². The molecule has 0 atom stereocenters. The van der Waals surface area contributed by atoms with Gasteiger partial charge in [0.15, 0.2) is 9.84 Å². The minimum absolute atomic E-state index is 0.0582. The Bertz CT molecular complexity index is 389. The van der Waals surface area contributed by atoms with E-state index in [9.17, 15) is 8.42 Å². The molecular formula is C14H24O3S. The summed E-state index contributed by atoms with van der Waals surface area (Å²) in [6.45, 7) is 2.82. The van der Waals surface area contributed by atoms with Crippen molar-refractivity contribution in [2.24, 2.45) is 5.41 Å². The van der Waals surface area contributed by atoms with Crippen LogP contribution in [0.4, 0.5) is 0 Å². The summed E-state index contributed by atoms with van der Waals surface area (Å²) in [4.78, 5) is 0. The van der Waals surface area contributed by atoms with Crippen LogP contribution in [-0.4, -0.2) is 26.5 Å². The second-order valence-electron chi connectivity index (χ2n) is 5.84. The fourth-order valence-electron chi connectivity index (χ4n) is 3.07. The third-order valence-corrected chi connectivity index (χ3v) is 6.37. The van der Waals surface area contributed by atoms with Crippen molar-refractivity contribution < 1.29 is 13.2 Å². The number of hydrogen-bond acceptors (Lipinski definition) is 3. The van der Waals surface area contributed by atoms with Crippen LogP contribution in [0.1, 0.15) is 51.9 Å². The molecule has 1 heterocycles. The average Bonchev–Trinajstić information content (AvgIpc) is 2.78. The van der Waals surface area contributed by atoms with E-state index in [2.05, 4.69) is 6.92 Å². The molecule has 2 aliphatic rings. The third-order valence-electron chi connectivity index (χ3n) is 4.27. The molecule has 0 bridgehead atoms. The van der Waals surface area contributed by atoms with Crippen molar-refractivity contribution in [3.05, 3.63) is 11.8 Å². The van der Waals surface area contributed by atoms with Crippen molar-refractivity contribution >= 4 is 9.84 Å². The van der Waals surface area contributed by atoms with Crippen molar-refractivity contribution in [1.29, 1.82) is 0 Å². The first-order valence-electron chi connectivity index (χ1n) is 7.05. The number of sulfone groups is 1. The SMILES string of the molecule is CCC1(CCCOC=C2CCCC2)CS(=O)(=O)C1. The summed E-state index contributed by atoms with van der Waals surface area (Å²) >= 11 is 0. The van der Waals surface area contributed by atoms with Crippen LogP contribution in [0.5, 0.6) is 0 Å². The number of hydrogen-bond donors (Lipinski definition) is 0. The molecule has 4 heteroatoms. The fraction of sp³-hybridized carbons (Fsp3) is 0.857. The third kappa shape index (κ3) is 3.50. The molecule has 2 fully saturated rings. The van der Waals surface area contributed by atoms with Gasteiger partial charge in [-0.25, -0.2) is 8.42 Å². The molecule has 0 radical (unpaired) electrons.